The van der Waals surface area contributed by atoms with Crippen LogP contribution in [0.25, 0.3) is 0 Å². The molecule has 1 aromatic heterocycles. The highest BCUT2D eigenvalue weighted by Gasteiger charge is 2.27. The van der Waals surface area contributed by atoms with Gasteiger partial charge in [0.25, 0.3) is 5.91 Å². The Morgan fingerprint density at radius 1 is 1.18 bits per heavy atom. The molecule has 0 spiro atoms. The van der Waals surface area contributed by atoms with Gasteiger partial charge in [-0.25, -0.2) is 4.79 Å². The Balaban J connectivity index is 1.48. The molecule has 0 atom stereocenters. The molecular weight excluding hydrogens is 374 g/mol. The molecule has 3 amide bonds. The fourth-order valence-electron chi connectivity index (χ4n) is 3.11. The van der Waals surface area contributed by atoms with Crippen molar-refractivity contribution in [1.29, 1.82) is 0 Å². The van der Waals surface area contributed by atoms with E-state index in [2.05, 4.69) is 34.7 Å². The molecule has 0 radical (unpaired) electrons. The van der Waals surface area contributed by atoms with Gasteiger partial charge in [0.2, 0.25) is 5.01 Å². The lowest BCUT2D eigenvalue weighted by Crippen LogP contribution is -2.44. The first-order valence-electron chi connectivity index (χ1n) is 9.75. The summed E-state index contributed by atoms with van der Waals surface area (Å²) in [6.07, 6.45) is 2.67. The van der Waals surface area contributed by atoms with Crippen molar-refractivity contribution >= 4 is 29.0 Å². The standard InChI is InChI=1S/C20H27N5O2S/c1-14(2)8-11-21-20(27)25-12-9-15(10-13-25)18-23-24-19(28-18)17(26)22-16-6-4-3-5-7-16/h3-7,14-15H,8-13H2,1-2H3,(H,21,27)(H,22,26). The molecule has 0 bridgehead atoms. The molecule has 1 aliphatic heterocycles. The number of para-hydroxylation sites is 1. The van der Waals surface area contributed by atoms with E-state index in [1.54, 1.807) is 0 Å². The zero-order valence-corrected chi connectivity index (χ0v) is 17.2. The monoisotopic (exact) mass is 401 g/mol. The Bertz CT molecular complexity index is 785. The van der Waals surface area contributed by atoms with Crippen molar-refractivity contribution in [2.45, 2.75) is 39.0 Å². The fourth-order valence-corrected chi connectivity index (χ4v) is 4.01. The molecule has 150 valence electrons. The number of benzene rings is 1. The van der Waals surface area contributed by atoms with Gasteiger partial charge in [-0.1, -0.05) is 43.4 Å². The second-order valence-electron chi connectivity index (χ2n) is 7.44. The van der Waals surface area contributed by atoms with Crippen LogP contribution in [0.5, 0.6) is 0 Å². The molecular formula is C20H27N5O2S. The number of nitrogens with one attached hydrogen (secondary N) is 2. The molecule has 2 aromatic rings. The zero-order chi connectivity index (χ0) is 19.9. The molecule has 1 aliphatic rings. The van der Waals surface area contributed by atoms with E-state index >= 15 is 0 Å². The van der Waals surface area contributed by atoms with Crippen LogP contribution in [-0.4, -0.2) is 46.7 Å². The zero-order valence-electron chi connectivity index (χ0n) is 16.4. The molecule has 8 heteroatoms. The Morgan fingerprint density at radius 2 is 1.89 bits per heavy atom. The average molecular weight is 402 g/mol. The minimum absolute atomic E-state index is 0.0132. The summed E-state index contributed by atoms with van der Waals surface area (Å²) in [5, 5.41) is 15.4. The SMILES string of the molecule is CC(C)CCNC(=O)N1CCC(c2nnc(C(=O)Nc3ccccc3)s2)CC1. The van der Waals surface area contributed by atoms with E-state index in [1.807, 2.05) is 35.2 Å². The van der Waals surface area contributed by atoms with Crippen LogP contribution in [0.2, 0.25) is 0 Å². The highest BCUT2D eigenvalue weighted by atomic mass is 32.1. The van der Waals surface area contributed by atoms with Gasteiger partial charge in [0.15, 0.2) is 0 Å². The quantitative estimate of drug-likeness (QED) is 0.772. The molecule has 28 heavy (non-hydrogen) atoms. The number of amides is 3. The fraction of sp³-hybridized carbons (Fsp3) is 0.500. The Morgan fingerprint density at radius 3 is 2.57 bits per heavy atom. The van der Waals surface area contributed by atoms with Crippen molar-refractivity contribution in [3.05, 3.63) is 40.3 Å². The lowest BCUT2D eigenvalue weighted by atomic mass is 9.98. The number of piperidine rings is 1. The number of carbonyl (C=O) groups excluding carboxylic acids is 2. The third-order valence-electron chi connectivity index (χ3n) is 4.80. The molecule has 1 saturated heterocycles. The van der Waals surface area contributed by atoms with Crippen LogP contribution < -0.4 is 10.6 Å². The summed E-state index contributed by atoms with van der Waals surface area (Å²) < 4.78 is 0. The maximum atomic E-state index is 12.3. The van der Waals surface area contributed by atoms with Gasteiger partial charge in [0.05, 0.1) is 0 Å². The van der Waals surface area contributed by atoms with Crippen LogP contribution >= 0.6 is 11.3 Å². The Labute approximate surface area is 169 Å². The van der Waals surface area contributed by atoms with E-state index in [9.17, 15) is 9.59 Å². The molecule has 2 N–H and O–H groups in total. The largest absolute Gasteiger partial charge is 0.338 e. The summed E-state index contributed by atoms with van der Waals surface area (Å²) in [6.45, 7) is 6.40. The summed E-state index contributed by atoms with van der Waals surface area (Å²) >= 11 is 1.34. The molecule has 7 nitrogen and oxygen atoms in total. The number of nitrogens with zero attached hydrogens (tertiary/aromatic N) is 3. The maximum absolute atomic E-state index is 12.3. The topological polar surface area (TPSA) is 87.2 Å². The maximum Gasteiger partial charge on any atom is 0.317 e. The third kappa shape index (κ3) is 5.51. The van der Waals surface area contributed by atoms with Crippen LogP contribution in [0.3, 0.4) is 0 Å². The van der Waals surface area contributed by atoms with Gasteiger partial charge in [0.1, 0.15) is 5.01 Å². The van der Waals surface area contributed by atoms with Gasteiger partial charge in [0, 0.05) is 31.2 Å². The highest BCUT2D eigenvalue weighted by molar-refractivity contribution is 7.13. The lowest BCUT2D eigenvalue weighted by Gasteiger charge is -2.31. The summed E-state index contributed by atoms with van der Waals surface area (Å²) in [7, 11) is 0. The predicted molar refractivity (Wildman–Crippen MR) is 111 cm³/mol. The van der Waals surface area contributed by atoms with Gasteiger partial charge in [-0.05, 0) is 37.3 Å². The van der Waals surface area contributed by atoms with Crippen molar-refractivity contribution in [1.82, 2.24) is 20.4 Å². The summed E-state index contributed by atoms with van der Waals surface area (Å²) in [4.78, 5) is 26.4. The Kier molecular flexibility index (Phi) is 6.97. The van der Waals surface area contributed by atoms with Gasteiger partial charge in [-0.3, -0.25) is 4.79 Å². The van der Waals surface area contributed by atoms with E-state index in [1.165, 1.54) is 11.3 Å². The average Bonchev–Trinajstić information content (AvgIpc) is 3.19. The second-order valence-corrected chi connectivity index (χ2v) is 8.45. The predicted octanol–water partition coefficient (Wildman–Crippen LogP) is 3.73. The molecule has 0 saturated carbocycles. The lowest BCUT2D eigenvalue weighted by molar-refractivity contribution is 0.102. The van der Waals surface area contributed by atoms with Crippen molar-refractivity contribution in [3.63, 3.8) is 0 Å². The number of likely N-dealkylation sites (tertiary alicyclic amines) is 1. The van der Waals surface area contributed by atoms with Crippen molar-refractivity contribution in [2.24, 2.45) is 5.92 Å². The van der Waals surface area contributed by atoms with Crippen LogP contribution in [0, 0.1) is 5.92 Å². The van der Waals surface area contributed by atoms with Crippen molar-refractivity contribution in [2.75, 3.05) is 25.0 Å². The first-order chi connectivity index (χ1) is 13.5. The first-order valence-corrected chi connectivity index (χ1v) is 10.6. The number of rotatable bonds is 6. The molecule has 1 fully saturated rings. The minimum atomic E-state index is -0.239. The van der Waals surface area contributed by atoms with Crippen molar-refractivity contribution < 1.29 is 9.59 Å². The number of hydrogen-bond acceptors (Lipinski definition) is 5. The smallest absolute Gasteiger partial charge is 0.317 e. The van der Waals surface area contributed by atoms with Crippen molar-refractivity contribution in [3.8, 4) is 0 Å². The number of carbonyl (C=O) groups is 2. The molecule has 1 aromatic carbocycles. The summed E-state index contributed by atoms with van der Waals surface area (Å²) in [5.74, 6) is 0.587. The summed E-state index contributed by atoms with van der Waals surface area (Å²) in [5.41, 5.74) is 0.737. The molecule has 3 rings (SSSR count). The van der Waals surface area contributed by atoms with Gasteiger partial charge in [-0.2, -0.15) is 0 Å². The van der Waals surface area contributed by atoms with Crippen LogP contribution in [0.15, 0.2) is 30.3 Å². The third-order valence-corrected chi connectivity index (χ3v) is 5.88. The highest BCUT2D eigenvalue weighted by Crippen LogP contribution is 2.30. The molecule has 0 unspecified atom stereocenters. The number of aromatic nitrogens is 2. The molecule has 0 aliphatic carbocycles. The van der Waals surface area contributed by atoms with Crippen LogP contribution in [-0.2, 0) is 0 Å². The van der Waals surface area contributed by atoms with Crippen LogP contribution in [0.4, 0.5) is 10.5 Å². The minimum Gasteiger partial charge on any atom is -0.338 e. The van der Waals surface area contributed by atoms with E-state index in [-0.39, 0.29) is 17.9 Å². The number of anilines is 1. The van der Waals surface area contributed by atoms with Gasteiger partial charge in [-0.15, -0.1) is 10.2 Å². The van der Waals surface area contributed by atoms with E-state index in [0.29, 0.717) is 30.6 Å². The van der Waals surface area contributed by atoms with E-state index < -0.39 is 0 Å². The number of urea groups is 1. The summed E-state index contributed by atoms with van der Waals surface area (Å²) in [6, 6.07) is 9.32. The van der Waals surface area contributed by atoms with E-state index in [4.69, 9.17) is 0 Å². The van der Waals surface area contributed by atoms with Crippen LogP contribution in [0.1, 0.15) is 53.8 Å². The molecule has 2 heterocycles. The van der Waals surface area contributed by atoms with Gasteiger partial charge >= 0.3 is 6.03 Å². The number of hydrogen-bond donors (Lipinski definition) is 2. The Hall–Kier alpha value is -2.48. The van der Waals surface area contributed by atoms with Gasteiger partial charge < -0.3 is 15.5 Å². The normalized spacial score (nSPS) is 14.9. The first kappa shape index (κ1) is 20.3. The van der Waals surface area contributed by atoms with E-state index in [0.717, 1.165) is 30.0 Å². The second kappa shape index (κ2) is 9.64.